The minimum atomic E-state index is 0.0749. The van der Waals surface area contributed by atoms with Crippen LogP contribution in [-0.4, -0.2) is 5.78 Å². The molecule has 2 rings (SSSR count). The SMILES string of the molecule is CC(=O)c1cc(C2(C)C(C)C2(C)C)oc1C. The van der Waals surface area contributed by atoms with Gasteiger partial charge < -0.3 is 4.42 Å². The van der Waals surface area contributed by atoms with E-state index in [-0.39, 0.29) is 16.6 Å². The second-order valence-electron chi connectivity index (χ2n) is 5.78. The maximum atomic E-state index is 11.4. The molecule has 0 aromatic carbocycles. The number of hydrogen-bond acceptors (Lipinski definition) is 2. The van der Waals surface area contributed by atoms with Gasteiger partial charge in [0.2, 0.25) is 0 Å². The first-order valence-electron chi connectivity index (χ1n) is 5.84. The fraction of sp³-hybridized carbons (Fsp3) is 0.643. The monoisotopic (exact) mass is 220 g/mol. The second-order valence-corrected chi connectivity index (χ2v) is 5.78. The number of carbonyl (C=O) groups is 1. The first kappa shape index (κ1) is 11.4. The Bertz CT molecular complexity index is 453. The first-order chi connectivity index (χ1) is 7.23. The highest BCUT2D eigenvalue weighted by Crippen LogP contribution is 2.69. The molecule has 0 bridgehead atoms. The van der Waals surface area contributed by atoms with Crippen LogP contribution in [0.2, 0.25) is 0 Å². The minimum Gasteiger partial charge on any atom is -0.465 e. The van der Waals surface area contributed by atoms with Crippen LogP contribution in [0.1, 0.15) is 56.5 Å². The van der Waals surface area contributed by atoms with Gasteiger partial charge in [-0.05, 0) is 31.2 Å². The van der Waals surface area contributed by atoms with E-state index >= 15 is 0 Å². The number of carbonyl (C=O) groups excluding carboxylic acids is 1. The lowest BCUT2D eigenvalue weighted by molar-refractivity contribution is 0.101. The third-order valence-electron chi connectivity index (χ3n) is 5.01. The van der Waals surface area contributed by atoms with Gasteiger partial charge in [-0.3, -0.25) is 4.79 Å². The van der Waals surface area contributed by atoms with Crippen molar-refractivity contribution in [3.63, 3.8) is 0 Å². The molecule has 0 N–H and O–H groups in total. The predicted octanol–water partition coefficient (Wildman–Crippen LogP) is 3.72. The number of Topliss-reactive ketones (excluding diaryl/α,β-unsaturated/α-hetero) is 1. The molecule has 2 unspecified atom stereocenters. The van der Waals surface area contributed by atoms with Crippen molar-refractivity contribution in [2.45, 2.75) is 47.0 Å². The zero-order valence-corrected chi connectivity index (χ0v) is 11.0. The van der Waals surface area contributed by atoms with Crippen LogP contribution in [-0.2, 0) is 5.41 Å². The van der Waals surface area contributed by atoms with Crippen LogP contribution in [0.5, 0.6) is 0 Å². The average Bonchev–Trinajstić information content (AvgIpc) is 2.54. The Morgan fingerprint density at radius 2 is 1.88 bits per heavy atom. The Hall–Kier alpha value is -1.05. The van der Waals surface area contributed by atoms with Gasteiger partial charge in [-0.15, -0.1) is 0 Å². The van der Waals surface area contributed by atoms with E-state index in [9.17, 15) is 4.79 Å². The molecule has 88 valence electrons. The second kappa shape index (κ2) is 2.99. The van der Waals surface area contributed by atoms with E-state index < -0.39 is 0 Å². The molecule has 1 saturated carbocycles. The lowest BCUT2D eigenvalue weighted by atomic mass is 9.95. The quantitative estimate of drug-likeness (QED) is 0.711. The Morgan fingerprint density at radius 1 is 1.38 bits per heavy atom. The van der Waals surface area contributed by atoms with E-state index in [1.807, 2.05) is 13.0 Å². The summed E-state index contributed by atoms with van der Waals surface area (Å²) in [6.07, 6.45) is 0. The van der Waals surface area contributed by atoms with Gasteiger partial charge in [0.05, 0.1) is 5.56 Å². The summed E-state index contributed by atoms with van der Waals surface area (Å²) >= 11 is 0. The van der Waals surface area contributed by atoms with Crippen molar-refractivity contribution in [1.82, 2.24) is 0 Å². The molecule has 16 heavy (non-hydrogen) atoms. The maximum absolute atomic E-state index is 11.4. The van der Waals surface area contributed by atoms with E-state index in [2.05, 4.69) is 27.7 Å². The summed E-state index contributed by atoms with van der Waals surface area (Å²) in [5.74, 6) is 2.39. The molecule has 1 heterocycles. The van der Waals surface area contributed by atoms with Gasteiger partial charge in [0.15, 0.2) is 5.78 Å². The highest BCUT2D eigenvalue weighted by molar-refractivity contribution is 5.95. The van der Waals surface area contributed by atoms with Crippen LogP contribution < -0.4 is 0 Å². The number of aryl methyl sites for hydroxylation is 1. The van der Waals surface area contributed by atoms with Gasteiger partial charge in [-0.1, -0.05) is 27.7 Å². The summed E-state index contributed by atoms with van der Waals surface area (Å²) in [5, 5.41) is 0. The van der Waals surface area contributed by atoms with Gasteiger partial charge in [-0.25, -0.2) is 0 Å². The number of furan rings is 1. The van der Waals surface area contributed by atoms with Crippen LogP contribution in [0.25, 0.3) is 0 Å². The predicted molar refractivity (Wildman–Crippen MR) is 63.7 cm³/mol. The maximum Gasteiger partial charge on any atom is 0.163 e. The van der Waals surface area contributed by atoms with Crippen molar-refractivity contribution in [3.05, 3.63) is 23.2 Å². The fourth-order valence-electron chi connectivity index (χ4n) is 2.89. The zero-order valence-electron chi connectivity index (χ0n) is 11.0. The molecule has 0 aliphatic heterocycles. The summed E-state index contributed by atoms with van der Waals surface area (Å²) in [5.41, 5.74) is 1.06. The van der Waals surface area contributed by atoms with Crippen molar-refractivity contribution in [1.29, 1.82) is 0 Å². The lowest BCUT2D eigenvalue weighted by Gasteiger charge is -2.10. The van der Waals surface area contributed by atoms with Crippen LogP contribution in [0.3, 0.4) is 0 Å². The summed E-state index contributed by atoms with van der Waals surface area (Å²) in [6.45, 7) is 12.4. The third kappa shape index (κ3) is 1.16. The normalized spacial score (nSPS) is 31.5. The molecule has 2 nitrogen and oxygen atoms in total. The Balaban J connectivity index is 2.45. The highest BCUT2D eigenvalue weighted by atomic mass is 16.3. The number of ketones is 1. The molecule has 0 radical (unpaired) electrons. The smallest absolute Gasteiger partial charge is 0.163 e. The van der Waals surface area contributed by atoms with Crippen molar-refractivity contribution in [2.75, 3.05) is 0 Å². The third-order valence-corrected chi connectivity index (χ3v) is 5.01. The topological polar surface area (TPSA) is 30.2 Å². The molecule has 1 aromatic heterocycles. The molecule has 2 heteroatoms. The highest BCUT2D eigenvalue weighted by Gasteiger charge is 2.67. The molecule has 0 spiro atoms. The lowest BCUT2D eigenvalue weighted by Crippen LogP contribution is -2.08. The van der Waals surface area contributed by atoms with Gasteiger partial charge in [0.25, 0.3) is 0 Å². The van der Waals surface area contributed by atoms with E-state index in [0.29, 0.717) is 5.92 Å². The summed E-state index contributed by atoms with van der Waals surface area (Å²) in [7, 11) is 0. The van der Waals surface area contributed by atoms with Crippen molar-refractivity contribution >= 4 is 5.78 Å². The number of hydrogen-bond donors (Lipinski definition) is 0. The van der Waals surface area contributed by atoms with Gasteiger partial charge in [0, 0.05) is 5.41 Å². The zero-order chi connectivity index (χ0) is 12.3. The number of rotatable bonds is 2. The van der Waals surface area contributed by atoms with Gasteiger partial charge >= 0.3 is 0 Å². The van der Waals surface area contributed by atoms with Crippen LogP contribution in [0.15, 0.2) is 10.5 Å². The molecule has 0 saturated heterocycles. The Kier molecular flexibility index (Phi) is 2.14. The van der Waals surface area contributed by atoms with Crippen molar-refractivity contribution in [2.24, 2.45) is 11.3 Å². The Labute approximate surface area is 97.0 Å². The van der Waals surface area contributed by atoms with E-state index in [1.165, 1.54) is 0 Å². The van der Waals surface area contributed by atoms with Crippen molar-refractivity contribution in [3.8, 4) is 0 Å². The summed E-state index contributed by atoms with van der Waals surface area (Å²) in [6, 6.07) is 1.93. The minimum absolute atomic E-state index is 0.0749. The van der Waals surface area contributed by atoms with Crippen LogP contribution in [0, 0.1) is 18.3 Å². The molecule has 0 amide bonds. The molecular formula is C14H20O2. The van der Waals surface area contributed by atoms with Gasteiger partial charge in [-0.2, -0.15) is 0 Å². The molecular weight excluding hydrogens is 200 g/mol. The van der Waals surface area contributed by atoms with Crippen LogP contribution in [0.4, 0.5) is 0 Å². The molecule has 1 aliphatic rings. The summed E-state index contributed by atoms with van der Waals surface area (Å²) in [4.78, 5) is 11.4. The largest absolute Gasteiger partial charge is 0.465 e. The molecule has 2 atom stereocenters. The average molecular weight is 220 g/mol. The molecule has 1 fully saturated rings. The van der Waals surface area contributed by atoms with E-state index in [0.717, 1.165) is 17.1 Å². The summed E-state index contributed by atoms with van der Waals surface area (Å²) < 4.78 is 5.79. The van der Waals surface area contributed by atoms with Crippen molar-refractivity contribution < 1.29 is 9.21 Å². The standard InChI is InChI=1S/C14H20O2/c1-8(15)11-7-12(16-9(11)2)14(6)10(3)13(14,4)5/h7,10H,1-6H3. The fourth-order valence-corrected chi connectivity index (χ4v) is 2.89. The first-order valence-corrected chi connectivity index (χ1v) is 5.84. The molecule has 1 aliphatic carbocycles. The van der Waals surface area contributed by atoms with E-state index in [4.69, 9.17) is 4.42 Å². The van der Waals surface area contributed by atoms with E-state index in [1.54, 1.807) is 6.92 Å². The molecule has 1 aromatic rings. The van der Waals surface area contributed by atoms with Gasteiger partial charge in [0.1, 0.15) is 11.5 Å². The van der Waals surface area contributed by atoms with Crippen LogP contribution >= 0.6 is 0 Å². The Morgan fingerprint density at radius 3 is 2.19 bits per heavy atom.